The highest BCUT2D eigenvalue weighted by molar-refractivity contribution is 6.88. The van der Waals surface area contributed by atoms with Gasteiger partial charge >= 0.3 is 44.0 Å². The molecule has 0 aromatic rings. The quantitative estimate of drug-likeness (QED) is 0.136. The lowest BCUT2D eigenvalue weighted by Crippen LogP contribution is -2.70. The molecule has 20 heteroatoms. The van der Waals surface area contributed by atoms with Crippen LogP contribution in [0.4, 0.5) is 0 Å². The second kappa shape index (κ2) is 19.0. The van der Waals surface area contributed by atoms with Crippen LogP contribution < -0.4 is 0 Å². The highest BCUT2D eigenvalue weighted by Gasteiger charge is 2.63. The summed E-state index contributed by atoms with van der Waals surface area (Å²) in [5.74, 6) is 0. The van der Waals surface area contributed by atoms with Crippen molar-refractivity contribution in [1.29, 1.82) is 0 Å². The number of methoxy groups -OCH3 is 5. The molecule has 0 radical (unpaired) electrons. The van der Waals surface area contributed by atoms with E-state index in [1.165, 1.54) is 0 Å². The van der Waals surface area contributed by atoms with Gasteiger partial charge in [-0.15, -0.1) is 0 Å². The molecule has 0 bridgehead atoms. The summed E-state index contributed by atoms with van der Waals surface area (Å²) < 4.78 is 89.9. The summed E-state index contributed by atoms with van der Waals surface area (Å²) in [4.78, 5) is 0. The van der Waals surface area contributed by atoms with Crippen LogP contribution in [0.3, 0.4) is 0 Å². The van der Waals surface area contributed by atoms with Crippen molar-refractivity contribution in [2.24, 2.45) is 0 Å². The standard InChI is InChI=1S/C20H50O15Si5/c1-21-11-16-26-36(6)31-37(7,27-17-12-22-2)33-39(9,29-19-14-24-4)35-40(10,30-20-15-25-5)34-38(8,32-36)28-18-13-23-3/h11-20H2,1-10H3. The number of ether oxygens (including phenoxy) is 5. The molecule has 240 valence electrons. The van der Waals surface area contributed by atoms with Gasteiger partial charge in [0.05, 0.1) is 66.1 Å². The van der Waals surface area contributed by atoms with Gasteiger partial charge in [-0.05, 0) is 0 Å². The van der Waals surface area contributed by atoms with Gasteiger partial charge in [0.1, 0.15) is 0 Å². The summed E-state index contributed by atoms with van der Waals surface area (Å²) in [6.07, 6.45) is 0. The molecular weight excluding hydrogens is 621 g/mol. The van der Waals surface area contributed by atoms with Crippen molar-refractivity contribution >= 4 is 44.0 Å². The summed E-state index contributed by atoms with van der Waals surface area (Å²) in [7, 11) is -10.2. The first kappa shape index (κ1) is 38.5. The zero-order valence-corrected chi connectivity index (χ0v) is 30.7. The lowest BCUT2D eigenvalue weighted by Gasteiger charge is -2.46. The molecule has 1 aliphatic heterocycles. The Kier molecular flexibility index (Phi) is 18.3. The molecule has 0 aliphatic carbocycles. The second-order valence-corrected chi connectivity index (χ2v) is 23.2. The molecule has 0 spiro atoms. The number of hydrogen-bond acceptors (Lipinski definition) is 15. The molecule has 1 aliphatic rings. The Hall–Kier alpha value is 0.484. The lowest BCUT2D eigenvalue weighted by atomic mass is 10.8. The molecule has 0 aromatic heterocycles. The molecule has 0 aromatic carbocycles. The zero-order chi connectivity index (χ0) is 30.2. The molecule has 1 heterocycles. The lowest BCUT2D eigenvalue weighted by molar-refractivity contribution is 0.00349. The molecule has 1 saturated heterocycles. The first-order valence-electron chi connectivity index (χ1n) is 13.0. The van der Waals surface area contributed by atoms with E-state index < -0.39 is 44.0 Å². The fourth-order valence-electron chi connectivity index (χ4n) is 3.63. The summed E-state index contributed by atoms with van der Waals surface area (Å²) >= 11 is 0. The van der Waals surface area contributed by atoms with Crippen LogP contribution in [0.25, 0.3) is 0 Å². The van der Waals surface area contributed by atoms with Crippen LogP contribution in [0.2, 0.25) is 32.7 Å². The van der Waals surface area contributed by atoms with Gasteiger partial charge < -0.3 is 66.4 Å². The summed E-state index contributed by atoms with van der Waals surface area (Å²) in [5.41, 5.74) is 0. The normalized spacial score (nSPS) is 33.8. The minimum absolute atomic E-state index is 0.193. The van der Waals surface area contributed by atoms with E-state index in [4.69, 9.17) is 66.4 Å². The smallest absolute Gasteiger partial charge is 0.382 e. The van der Waals surface area contributed by atoms with Crippen molar-refractivity contribution in [3.63, 3.8) is 0 Å². The van der Waals surface area contributed by atoms with Gasteiger partial charge in [-0.1, -0.05) is 0 Å². The minimum Gasteiger partial charge on any atom is -0.382 e. The Morgan fingerprint density at radius 2 is 0.450 bits per heavy atom. The van der Waals surface area contributed by atoms with E-state index in [2.05, 4.69) is 0 Å². The van der Waals surface area contributed by atoms with Crippen molar-refractivity contribution in [3.8, 4) is 0 Å². The molecule has 0 N–H and O–H groups in total. The van der Waals surface area contributed by atoms with Gasteiger partial charge in [0.25, 0.3) is 0 Å². The summed E-state index contributed by atoms with van der Waals surface area (Å²) in [5, 5.41) is 0. The average Bonchev–Trinajstić information content (AvgIpc) is 2.83. The molecule has 0 amide bonds. The third-order valence-electron chi connectivity index (χ3n) is 5.11. The van der Waals surface area contributed by atoms with Crippen molar-refractivity contribution in [2.45, 2.75) is 32.7 Å². The maximum Gasteiger partial charge on any atom is 0.483 e. The van der Waals surface area contributed by atoms with Crippen molar-refractivity contribution in [3.05, 3.63) is 0 Å². The fraction of sp³-hybridized carbons (Fsp3) is 1.00. The van der Waals surface area contributed by atoms with Gasteiger partial charge in [-0.2, -0.15) is 0 Å². The van der Waals surface area contributed by atoms with Crippen LogP contribution >= 0.6 is 0 Å². The number of hydrogen-bond donors (Lipinski definition) is 0. The van der Waals surface area contributed by atoms with Crippen LogP contribution in [0.15, 0.2) is 0 Å². The highest BCUT2D eigenvalue weighted by atomic mass is 28.6. The van der Waals surface area contributed by atoms with E-state index in [0.29, 0.717) is 33.0 Å². The summed E-state index contributed by atoms with van der Waals surface area (Å²) in [6.45, 7) is 11.2. The largest absolute Gasteiger partial charge is 0.483 e. The van der Waals surface area contributed by atoms with E-state index in [1.807, 2.05) is 0 Å². The fourth-order valence-corrected chi connectivity index (χ4v) is 24.4. The van der Waals surface area contributed by atoms with Crippen LogP contribution in [0, 0.1) is 0 Å². The predicted octanol–water partition coefficient (Wildman–Crippen LogP) is 1.24. The Labute approximate surface area is 244 Å². The molecule has 1 rings (SSSR count). The van der Waals surface area contributed by atoms with E-state index >= 15 is 0 Å². The molecule has 1 fully saturated rings. The first-order valence-corrected chi connectivity index (χ1v) is 24.1. The van der Waals surface area contributed by atoms with Crippen molar-refractivity contribution in [2.75, 3.05) is 102 Å². The second-order valence-electron chi connectivity index (χ2n) is 9.03. The van der Waals surface area contributed by atoms with Crippen molar-refractivity contribution < 1.29 is 66.4 Å². The maximum atomic E-state index is 6.58. The monoisotopic (exact) mass is 670 g/mol. The van der Waals surface area contributed by atoms with E-state index in [9.17, 15) is 0 Å². The van der Waals surface area contributed by atoms with Gasteiger partial charge in [0.2, 0.25) is 0 Å². The average molecular weight is 671 g/mol. The van der Waals surface area contributed by atoms with Crippen LogP contribution in [-0.2, 0) is 66.4 Å². The molecule has 15 nitrogen and oxygen atoms in total. The Morgan fingerprint density at radius 3 is 0.575 bits per heavy atom. The third kappa shape index (κ3) is 14.8. The third-order valence-corrected chi connectivity index (χ3v) is 23.6. The molecule has 0 saturated carbocycles. The van der Waals surface area contributed by atoms with E-state index in [1.54, 1.807) is 68.3 Å². The number of rotatable bonds is 20. The van der Waals surface area contributed by atoms with E-state index in [-0.39, 0.29) is 33.0 Å². The molecular formula is C20H50O15Si5. The Bertz CT molecular complexity index is 544. The maximum absolute atomic E-state index is 6.58. The van der Waals surface area contributed by atoms with Gasteiger partial charge in [0.15, 0.2) is 0 Å². The van der Waals surface area contributed by atoms with Gasteiger partial charge in [0, 0.05) is 68.3 Å². The van der Waals surface area contributed by atoms with Gasteiger partial charge in [-0.25, -0.2) is 0 Å². The van der Waals surface area contributed by atoms with E-state index in [0.717, 1.165) is 0 Å². The topological polar surface area (TPSA) is 138 Å². The zero-order valence-electron chi connectivity index (χ0n) is 25.7. The first-order chi connectivity index (χ1) is 18.8. The Morgan fingerprint density at radius 1 is 0.300 bits per heavy atom. The summed E-state index contributed by atoms with van der Waals surface area (Å²) in [6, 6.07) is 0. The molecule has 40 heavy (non-hydrogen) atoms. The van der Waals surface area contributed by atoms with Crippen LogP contribution in [0.1, 0.15) is 0 Å². The van der Waals surface area contributed by atoms with Crippen molar-refractivity contribution in [1.82, 2.24) is 0 Å². The SMILES string of the molecule is COCCO[Si]1(C)O[Si](C)(OCCOC)O[Si](C)(OCCOC)O[Si](C)(OCCOC)O[Si](C)(OCCOC)O1. The molecule has 0 unspecified atom stereocenters. The van der Waals surface area contributed by atoms with Crippen LogP contribution in [0.5, 0.6) is 0 Å². The minimum atomic E-state index is -3.61. The van der Waals surface area contributed by atoms with Gasteiger partial charge in [-0.3, -0.25) is 0 Å². The van der Waals surface area contributed by atoms with Crippen LogP contribution in [-0.4, -0.2) is 146 Å². The predicted molar refractivity (Wildman–Crippen MR) is 153 cm³/mol. The Balaban J connectivity index is 3.64. The molecule has 0 atom stereocenters. The highest BCUT2D eigenvalue weighted by Crippen LogP contribution is 2.33.